The van der Waals surface area contributed by atoms with Crippen molar-refractivity contribution in [2.45, 2.75) is 45.1 Å². The molecule has 1 N–H and O–H groups in total. The fraction of sp³-hybridized carbons (Fsp3) is 1.00. The molecule has 5 aliphatic carbocycles. The van der Waals surface area contributed by atoms with Gasteiger partial charge in [0.05, 0.1) is 6.10 Å². The minimum Gasteiger partial charge on any atom is -0.393 e. The van der Waals surface area contributed by atoms with Crippen LogP contribution in [0.1, 0.15) is 39.0 Å². The van der Waals surface area contributed by atoms with E-state index in [2.05, 4.69) is 6.92 Å². The van der Waals surface area contributed by atoms with Crippen LogP contribution in [0.5, 0.6) is 0 Å². The molecule has 0 heterocycles. The Balaban J connectivity index is 1.84. The third kappa shape index (κ3) is 0.516. The van der Waals surface area contributed by atoms with E-state index in [1.165, 1.54) is 19.3 Å². The normalized spacial score (nSPS) is 72.5. The smallest absolute Gasteiger partial charge is 0.0546 e. The molecule has 13 heavy (non-hydrogen) atoms. The molecule has 6 atom stereocenters. The maximum Gasteiger partial charge on any atom is 0.0546 e. The maximum atomic E-state index is 9.80. The molecule has 1 nitrogen and oxygen atoms in total. The van der Waals surface area contributed by atoms with Gasteiger partial charge in [0.25, 0.3) is 0 Å². The molecule has 0 saturated heterocycles. The second-order valence-electron chi connectivity index (χ2n) is 6.24. The molecule has 1 spiro atoms. The molecular formula is C12H18O. The first kappa shape index (κ1) is 7.28. The molecule has 5 fully saturated rings. The lowest BCUT2D eigenvalue weighted by atomic mass is 9.64. The van der Waals surface area contributed by atoms with E-state index in [1.807, 2.05) is 0 Å². The van der Waals surface area contributed by atoms with E-state index in [1.54, 1.807) is 0 Å². The summed E-state index contributed by atoms with van der Waals surface area (Å²) < 4.78 is 0. The number of hydrogen-bond acceptors (Lipinski definition) is 1. The van der Waals surface area contributed by atoms with E-state index >= 15 is 0 Å². The second-order valence-corrected chi connectivity index (χ2v) is 6.24. The summed E-state index contributed by atoms with van der Waals surface area (Å²) in [5.41, 5.74) is 1.30. The molecule has 0 aromatic carbocycles. The first-order chi connectivity index (χ1) is 6.18. The Morgan fingerprint density at radius 3 is 2.62 bits per heavy atom. The van der Waals surface area contributed by atoms with Crippen LogP contribution >= 0.6 is 0 Å². The molecule has 5 saturated carbocycles. The van der Waals surface area contributed by atoms with Crippen molar-refractivity contribution in [2.24, 2.45) is 28.6 Å². The number of hydrogen-bond donors (Lipinski definition) is 1. The minimum atomic E-state index is 0.0393. The molecule has 0 amide bonds. The summed E-state index contributed by atoms with van der Waals surface area (Å²) in [4.78, 5) is 0. The van der Waals surface area contributed by atoms with E-state index in [4.69, 9.17) is 0 Å². The van der Waals surface area contributed by atoms with Gasteiger partial charge in [-0.3, -0.25) is 0 Å². The summed E-state index contributed by atoms with van der Waals surface area (Å²) in [6.07, 6.45) is 6.59. The quantitative estimate of drug-likeness (QED) is 0.603. The Kier molecular flexibility index (Phi) is 0.959. The summed E-state index contributed by atoms with van der Waals surface area (Å²) in [6.45, 7) is 2.52. The summed E-state index contributed by atoms with van der Waals surface area (Å²) >= 11 is 0. The SMILES string of the molecule is C[C@@]12CC[C@H](O)CC13C1CC2C[C@@H]13. The summed E-state index contributed by atoms with van der Waals surface area (Å²) in [5, 5.41) is 9.80. The van der Waals surface area contributed by atoms with Crippen LogP contribution in [0.15, 0.2) is 0 Å². The predicted octanol–water partition coefficient (Wildman–Crippen LogP) is 2.19. The van der Waals surface area contributed by atoms with Gasteiger partial charge in [0.2, 0.25) is 0 Å². The highest BCUT2D eigenvalue weighted by atomic mass is 16.3. The van der Waals surface area contributed by atoms with Crippen molar-refractivity contribution in [1.29, 1.82) is 0 Å². The third-order valence-corrected chi connectivity index (χ3v) is 6.31. The van der Waals surface area contributed by atoms with Gasteiger partial charge in [-0.25, -0.2) is 0 Å². The van der Waals surface area contributed by atoms with Gasteiger partial charge in [0, 0.05) is 0 Å². The molecule has 5 aliphatic rings. The first-order valence-electron chi connectivity index (χ1n) is 5.86. The third-order valence-electron chi connectivity index (χ3n) is 6.31. The van der Waals surface area contributed by atoms with Gasteiger partial charge in [0.1, 0.15) is 0 Å². The van der Waals surface area contributed by atoms with Crippen molar-refractivity contribution in [3.63, 3.8) is 0 Å². The standard InChI is InChI=1S/C12H18O/c1-11-3-2-8(13)6-12(11)9-4-7(11)5-10(9)12/h7-10,13H,2-6H2,1H3/t7?,8-,9-,10?,11-,12?/m0/s1. The summed E-state index contributed by atoms with van der Waals surface area (Å²) in [6, 6.07) is 0. The van der Waals surface area contributed by atoms with E-state index in [9.17, 15) is 5.11 Å². The monoisotopic (exact) mass is 178 g/mol. The molecule has 5 rings (SSSR count). The largest absolute Gasteiger partial charge is 0.393 e. The minimum absolute atomic E-state index is 0.0393. The van der Waals surface area contributed by atoms with Crippen LogP contribution in [0.25, 0.3) is 0 Å². The molecule has 0 aromatic heterocycles. The molecule has 0 radical (unpaired) electrons. The Labute approximate surface area is 79.5 Å². The van der Waals surface area contributed by atoms with Gasteiger partial charge in [-0.05, 0) is 60.7 Å². The fourth-order valence-electron chi connectivity index (χ4n) is 5.74. The van der Waals surface area contributed by atoms with Crippen molar-refractivity contribution in [1.82, 2.24) is 0 Å². The zero-order chi connectivity index (χ0) is 8.84. The predicted molar refractivity (Wildman–Crippen MR) is 50.1 cm³/mol. The molecular weight excluding hydrogens is 160 g/mol. The Bertz CT molecular complexity index is 273. The van der Waals surface area contributed by atoms with Crippen LogP contribution in [-0.2, 0) is 0 Å². The zero-order valence-electron chi connectivity index (χ0n) is 8.29. The van der Waals surface area contributed by atoms with E-state index in [-0.39, 0.29) is 6.10 Å². The highest BCUT2D eigenvalue weighted by Crippen LogP contribution is 2.89. The molecule has 72 valence electrons. The van der Waals surface area contributed by atoms with Crippen LogP contribution in [-0.4, -0.2) is 11.2 Å². The number of aliphatic hydroxyl groups is 1. The molecule has 3 unspecified atom stereocenters. The van der Waals surface area contributed by atoms with Crippen molar-refractivity contribution in [3.05, 3.63) is 0 Å². The van der Waals surface area contributed by atoms with Crippen LogP contribution < -0.4 is 0 Å². The Hall–Kier alpha value is -0.0400. The molecule has 1 heteroatoms. The van der Waals surface area contributed by atoms with E-state index < -0.39 is 0 Å². The van der Waals surface area contributed by atoms with E-state index in [0.717, 1.165) is 30.6 Å². The molecule has 0 aliphatic heterocycles. The van der Waals surface area contributed by atoms with Gasteiger partial charge >= 0.3 is 0 Å². The molecule has 0 aromatic rings. The average molecular weight is 178 g/mol. The highest BCUT2D eigenvalue weighted by Gasteiger charge is 2.83. The lowest BCUT2D eigenvalue weighted by Crippen LogP contribution is -2.37. The number of rotatable bonds is 0. The summed E-state index contributed by atoms with van der Waals surface area (Å²) in [7, 11) is 0. The van der Waals surface area contributed by atoms with Gasteiger partial charge in [-0.2, -0.15) is 0 Å². The van der Waals surface area contributed by atoms with Crippen molar-refractivity contribution in [2.75, 3.05) is 0 Å². The van der Waals surface area contributed by atoms with Crippen molar-refractivity contribution < 1.29 is 5.11 Å². The van der Waals surface area contributed by atoms with E-state index in [0.29, 0.717) is 10.8 Å². The fourth-order valence-corrected chi connectivity index (χ4v) is 5.74. The summed E-state index contributed by atoms with van der Waals surface area (Å²) in [5.74, 6) is 3.12. The maximum absolute atomic E-state index is 9.80. The van der Waals surface area contributed by atoms with Crippen LogP contribution in [0.4, 0.5) is 0 Å². The van der Waals surface area contributed by atoms with Crippen molar-refractivity contribution in [3.8, 4) is 0 Å². The average Bonchev–Trinajstić information content (AvgIpc) is 2.54. The van der Waals surface area contributed by atoms with Gasteiger partial charge in [-0.1, -0.05) is 6.92 Å². The number of aliphatic hydroxyl groups excluding tert-OH is 1. The lowest BCUT2D eigenvalue weighted by Gasteiger charge is -2.42. The Morgan fingerprint density at radius 2 is 1.92 bits per heavy atom. The van der Waals surface area contributed by atoms with Crippen LogP contribution in [0, 0.1) is 28.6 Å². The molecule has 4 bridgehead atoms. The van der Waals surface area contributed by atoms with Crippen LogP contribution in [0.3, 0.4) is 0 Å². The van der Waals surface area contributed by atoms with Crippen molar-refractivity contribution >= 4 is 0 Å². The van der Waals surface area contributed by atoms with Gasteiger partial charge in [-0.15, -0.1) is 0 Å². The second kappa shape index (κ2) is 1.71. The highest BCUT2D eigenvalue weighted by molar-refractivity contribution is 5.31. The van der Waals surface area contributed by atoms with Gasteiger partial charge in [0.15, 0.2) is 0 Å². The zero-order valence-corrected chi connectivity index (χ0v) is 8.29. The topological polar surface area (TPSA) is 20.2 Å². The van der Waals surface area contributed by atoms with Crippen LogP contribution in [0.2, 0.25) is 0 Å². The first-order valence-corrected chi connectivity index (χ1v) is 5.86. The van der Waals surface area contributed by atoms with Gasteiger partial charge < -0.3 is 5.11 Å². The Morgan fingerprint density at radius 1 is 1.23 bits per heavy atom. The lowest BCUT2D eigenvalue weighted by molar-refractivity contribution is 0.00491.